The number of nitrogens with zero attached hydrogens (tertiary/aromatic N) is 1. The maximum absolute atomic E-state index is 12.8. The van der Waals surface area contributed by atoms with Crippen molar-refractivity contribution in [3.05, 3.63) is 23.0 Å². The molecule has 0 saturated carbocycles. The quantitative estimate of drug-likeness (QED) is 0.592. The Hall–Kier alpha value is -1.31. The highest BCUT2D eigenvalue weighted by Gasteiger charge is 2.27. The summed E-state index contributed by atoms with van der Waals surface area (Å²) in [6, 6.07) is 0. The third-order valence-corrected chi connectivity index (χ3v) is 2.52. The number of pyridine rings is 1. The zero-order chi connectivity index (χ0) is 13.8. The topological polar surface area (TPSA) is 85.6 Å². The van der Waals surface area contributed by atoms with E-state index in [4.69, 9.17) is 10.2 Å². The third kappa shape index (κ3) is 3.59. The summed E-state index contributed by atoms with van der Waals surface area (Å²) in [5.74, 6) is -3.33. The Morgan fingerprint density at radius 1 is 1.39 bits per heavy atom. The number of rotatable bonds is 6. The Bertz CT molecular complexity index is 414. The molecule has 0 amide bonds. The lowest BCUT2D eigenvalue weighted by atomic mass is 10.1. The molecule has 0 atom stereocenters. The Morgan fingerprint density at radius 2 is 2.06 bits per heavy atom. The van der Waals surface area contributed by atoms with Crippen molar-refractivity contribution < 1.29 is 24.1 Å². The maximum Gasteiger partial charge on any atom is 0.282 e. The van der Waals surface area contributed by atoms with Gasteiger partial charge in [-0.15, -0.1) is 0 Å². The van der Waals surface area contributed by atoms with E-state index in [0.717, 1.165) is 0 Å². The summed E-state index contributed by atoms with van der Waals surface area (Å²) in [6.07, 6.45) is 1.39. The van der Waals surface area contributed by atoms with Crippen molar-refractivity contribution in [2.75, 3.05) is 13.2 Å². The van der Waals surface area contributed by atoms with E-state index < -0.39 is 19.1 Å². The largest absolute Gasteiger partial charge is 0.506 e. The molecule has 0 saturated heterocycles. The standard InChI is InChI=1S/C11H16F2N2O3/c1-7-10(18)9(8(4-16)2-15-7)3-14-5-11(12,13)6-17/h2,14,16-18H,3-6H2,1H3. The smallest absolute Gasteiger partial charge is 0.282 e. The SMILES string of the molecule is Cc1ncc(CO)c(CNCC(F)(F)CO)c1O. The average molecular weight is 262 g/mol. The van der Waals surface area contributed by atoms with Crippen molar-refractivity contribution >= 4 is 0 Å². The number of aryl methyl sites for hydroxylation is 1. The van der Waals surface area contributed by atoms with E-state index in [9.17, 15) is 13.9 Å². The van der Waals surface area contributed by atoms with Crippen LogP contribution in [0.4, 0.5) is 8.78 Å². The predicted octanol–water partition coefficient (Wildman–Crippen LogP) is 0.305. The number of hydrogen-bond donors (Lipinski definition) is 4. The fourth-order valence-electron chi connectivity index (χ4n) is 1.44. The Labute approximate surface area is 103 Å². The van der Waals surface area contributed by atoms with Gasteiger partial charge >= 0.3 is 0 Å². The highest BCUT2D eigenvalue weighted by atomic mass is 19.3. The summed E-state index contributed by atoms with van der Waals surface area (Å²) in [7, 11) is 0. The van der Waals surface area contributed by atoms with Crippen molar-refractivity contribution in [3.8, 4) is 5.75 Å². The second-order valence-corrected chi connectivity index (χ2v) is 3.97. The molecule has 1 aromatic rings. The van der Waals surface area contributed by atoms with Gasteiger partial charge in [0.2, 0.25) is 0 Å². The van der Waals surface area contributed by atoms with Gasteiger partial charge in [0.15, 0.2) is 0 Å². The van der Waals surface area contributed by atoms with E-state index in [2.05, 4.69) is 10.3 Å². The van der Waals surface area contributed by atoms with E-state index in [0.29, 0.717) is 16.8 Å². The number of aromatic nitrogens is 1. The molecule has 0 aliphatic carbocycles. The molecule has 0 aromatic carbocycles. The van der Waals surface area contributed by atoms with Crippen molar-refractivity contribution in [2.24, 2.45) is 0 Å². The minimum absolute atomic E-state index is 0.0410. The highest BCUT2D eigenvalue weighted by molar-refractivity contribution is 5.40. The van der Waals surface area contributed by atoms with Gasteiger partial charge in [-0.25, -0.2) is 8.78 Å². The first-order chi connectivity index (χ1) is 8.41. The number of halogens is 2. The molecular formula is C11H16F2N2O3. The molecule has 0 unspecified atom stereocenters. The fraction of sp³-hybridized carbons (Fsp3) is 0.545. The lowest BCUT2D eigenvalue weighted by Gasteiger charge is -2.16. The number of alkyl halides is 2. The van der Waals surface area contributed by atoms with Crippen LogP contribution in [0.2, 0.25) is 0 Å². The Morgan fingerprint density at radius 3 is 2.61 bits per heavy atom. The summed E-state index contributed by atoms with van der Waals surface area (Å²) in [5.41, 5.74) is 1.06. The van der Waals surface area contributed by atoms with E-state index in [1.54, 1.807) is 6.92 Å². The molecule has 18 heavy (non-hydrogen) atoms. The van der Waals surface area contributed by atoms with Crippen LogP contribution in [0.25, 0.3) is 0 Å². The number of aliphatic hydroxyl groups excluding tert-OH is 2. The zero-order valence-corrected chi connectivity index (χ0v) is 9.95. The van der Waals surface area contributed by atoms with Gasteiger partial charge in [-0.2, -0.15) is 0 Å². The van der Waals surface area contributed by atoms with Gasteiger partial charge in [-0.3, -0.25) is 4.98 Å². The van der Waals surface area contributed by atoms with E-state index in [1.165, 1.54) is 6.20 Å². The molecule has 0 aliphatic heterocycles. The van der Waals surface area contributed by atoms with Crippen LogP contribution in [0.15, 0.2) is 6.20 Å². The van der Waals surface area contributed by atoms with Crippen LogP contribution in [-0.2, 0) is 13.2 Å². The lowest BCUT2D eigenvalue weighted by Crippen LogP contribution is -2.35. The molecule has 102 valence electrons. The Balaban J connectivity index is 2.75. The van der Waals surface area contributed by atoms with Gasteiger partial charge in [0.1, 0.15) is 12.4 Å². The number of nitrogens with one attached hydrogen (secondary N) is 1. The molecule has 0 radical (unpaired) electrons. The highest BCUT2D eigenvalue weighted by Crippen LogP contribution is 2.23. The molecule has 0 spiro atoms. The van der Waals surface area contributed by atoms with Crippen LogP contribution < -0.4 is 5.32 Å². The fourth-order valence-corrected chi connectivity index (χ4v) is 1.44. The first kappa shape index (κ1) is 14.7. The summed E-state index contributed by atoms with van der Waals surface area (Å²) in [5, 5.41) is 29.6. The molecule has 0 aliphatic rings. The lowest BCUT2D eigenvalue weighted by molar-refractivity contribution is -0.0478. The van der Waals surface area contributed by atoms with Gasteiger partial charge in [-0.05, 0) is 6.92 Å². The van der Waals surface area contributed by atoms with E-state index in [1.807, 2.05) is 0 Å². The summed E-state index contributed by atoms with van der Waals surface area (Å²) in [6.45, 7) is -0.763. The summed E-state index contributed by atoms with van der Waals surface area (Å²) >= 11 is 0. The molecule has 4 N–H and O–H groups in total. The van der Waals surface area contributed by atoms with Gasteiger partial charge in [0, 0.05) is 23.9 Å². The van der Waals surface area contributed by atoms with Crippen molar-refractivity contribution in [1.29, 1.82) is 0 Å². The second-order valence-electron chi connectivity index (χ2n) is 3.97. The molecule has 1 rings (SSSR count). The van der Waals surface area contributed by atoms with E-state index >= 15 is 0 Å². The summed E-state index contributed by atoms with van der Waals surface area (Å²) in [4.78, 5) is 3.86. The Kier molecular flexibility index (Phi) is 4.94. The van der Waals surface area contributed by atoms with Crippen LogP contribution in [0, 0.1) is 6.92 Å². The number of aromatic hydroxyl groups is 1. The number of hydrogen-bond acceptors (Lipinski definition) is 5. The minimum atomic E-state index is -3.21. The van der Waals surface area contributed by atoms with Crippen LogP contribution in [0.5, 0.6) is 5.75 Å². The van der Waals surface area contributed by atoms with Crippen molar-refractivity contribution in [2.45, 2.75) is 26.0 Å². The molecule has 1 aromatic heterocycles. The number of aliphatic hydroxyl groups is 2. The van der Waals surface area contributed by atoms with Crippen molar-refractivity contribution in [1.82, 2.24) is 10.3 Å². The maximum atomic E-state index is 12.8. The van der Waals surface area contributed by atoms with Crippen molar-refractivity contribution in [3.63, 3.8) is 0 Å². The third-order valence-electron chi connectivity index (χ3n) is 2.52. The first-order valence-corrected chi connectivity index (χ1v) is 5.38. The van der Waals surface area contributed by atoms with Gasteiger partial charge in [0.25, 0.3) is 5.92 Å². The molecule has 5 nitrogen and oxygen atoms in total. The molecular weight excluding hydrogens is 246 g/mol. The summed E-state index contributed by atoms with van der Waals surface area (Å²) < 4.78 is 25.6. The van der Waals surface area contributed by atoms with Gasteiger partial charge in [-0.1, -0.05) is 0 Å². The van der Waals surface area contributed by atoms with Gasteiger partial charge < -0.3 is 20.6 Å². The monoisotopic (exact) mass is 262 g/mol. The van der Waals surface area contributed by atoms with Crippen LogP contribution in [0.1, 0.15) is 16.8 Å². The van der Waals surface area contributed by atoms with Crippen LogP contribution in [-0.4, -0.2) is 39.4 Å². The first-order valence-electron chi connectivity index (χ1n) is 5.38. The normalized spacial score (nSPS) is 11.8. The average Bonchev–Trinajstić information content (AvgIpc) is 2.34. The van der Waals surface area contributed by atoms with Crippen LogP contribution >= 0.6 is 0 Å². The second kappa shape index (κ2) is 6.03. The van der Waals surface area contributed by atoms with Crippen LogP contribution in [0.3, 0.4) is 0 Å². The van der Waals surface area contributed by atoms with Gasteiger partial charge in [0.05, 0.1) is 18.8 Å². The zero-order valence-electron chi connectivity index (χ0n) is 9.95. The molecule has 0 bridgehead atoms. The minimum Gasteiger partial charge on any atom is -0.506 e. The van der Waals surface area contributed by atoms with E-state index in [-0.39, 0.29) is 18.9 Å². The predicted molar refractivity (Wildman–Crippen MR) is 60.3 cm³/mol. The molecule has 0 fully saturated rings. The molecule has 1 heterocycles. The molecule has 7 heteroatoms.